The number of carboxylic acid groups (broad SMARTS) is 1. The molecule has 1 aromatic rings. The molecule has 0 spiro atoms. The molecule has 8 heteroatoms. The van der Waals surface area contributed by atoms with Crippen molar-refractivity contribution < 1.29 is 19.6 Å². The van der Waals surface area contributed by atoms with Gasteiger partial charge in [-0.3, -0.25) is 14.9 Å². The van der Waals surface area contributed by atoms with Crippen molar-refractivity contribution in [3.63, 3.8) is 0 Å². The number of rotatable bonds is 6. The minimum absolute atomic E-state index is 0.0341. The first-order valence-electron chi connectivity index (χ1n) is 6.65. The Balaban J connectivity index is 2.22. The third-order valence-electron chi connectivity index (χ3n) is 3.86. The number of ether oxygens (including phenoxy) is 1. The number of aromatic nitrogens is 1. The van der Waals surface area contributed by atoms with E-state index in [1.165, 1.54) is 19.2 Å². The predicted octanol–water partition coefficient (Wildman–Crippen LogP) is 2.06. The Morgan fingerprint density at radius 1 is 1.52 bits per heavy atom. The summed E-state index contributed by atoms with van der Waals surface area (Å²) in [5.74, 6) is -0.608. The first-order valence-corrected chi connectivity index (χ1v) is 6.65. The molecule has 0 saturated heterocycles. The Bertz CT molecular complexity index is 555. The van der Waals surface area contributed by atoms with Crippen LogP contribution in [0.3, 0.4) is 0 Å². The third kappa shape index (κ3) is 3.04. The van der Waals surface area contributed by atoms with Crippen molar-refractivity contribution in [2.45, 2.75) is 25.7 Å². The SMILES string of the molecule is COc1ccc([N+](=O)[O-])c(NCC2(C(=O)O)CCCC2)n1. The van der Waals surface area contributed by atoms with Crippen molar-refractivity contribution in [3.05, 3.63) is 22.2 Å². The van der Waals surface area contributed by atoms with Crippen LogP contribution in [-0.4, -0.2) is 34.6 Å². The molecule has 2 N–H and O–H groups in total. The Morgan fingerprint density at radius 3 is 2.71 bits per heavy atom. The number of pyridine rings is 1. The highest BCUT2D eigenvalue weighted by Gasteiger charge is 2.41. The van der Waals surface area contributed by atoms with E-state index in [-0.39, 0.29) is 23.9 Å². The predicted molar refractivity (Wildman–Crippen MR) is 74.5 cm³/mol. The number of aliphatic carboxylic acids is 1. The van der Waals surface area contributed by atoms with Crippen LogP contribution >= 0.6 is 0 Å². The second kappa shape index (κ2) is 5.94. The van der Waals surface area contributed by atoms with E-state index in [4.69, 9.17) is 4.74 Å². The highest BCUT2D eigenvalue weighted by molar-refractivity contribution is 5.76. The first kappa shape index (κ1) is 15.0. The molecule has 0 amide bonds. The summed E-state index contributed by atoms with van der Waals surface area (Å²) in [7, 11) is 1.41. The molecule has 0 bridgehead atoms. The van der Waals surface area contributed by atoms with Gasteiger partial charge in [0.1, 0.15) is 0 Å². The molecule has 1 saturated carbocycles. The first-order chi connectivity index (χ1) is 9.98. The lowest BCUT2D eigenvalue weighted by Crippen LogP contribution is -2.35. The van der Waals surface area contributed by atoms with Gasteiger partial charge >= 0.3 is 11.7 Å². The zero-order valence-corrected chi connectivity index (χ0v) is 11.7. The molecule has 0 atom stereocenters. The van der Waals surface area contributed by atoms with E-state index in [9.17, 15) is 20.0 Å². The smallest absolute Gasteiger partial charge is 0.311 e. The maximum absolute atomic E-state index is 11.5. The summed E-state index contributed by atoms with van der Waals surface area (Å²) in [5, 5.41) is 23.2. The van der Waals surface area contributed by atoms with Gasteiger partial charge in [0, 0.05) is 18.7 Å². The average Bonchev–Trinajstić information content (AvgIpc) is 2.94. The van der Waals surface area contributed by atoms with E-state index in [0.717, 1.165) is 12.8 Å². The fourth-order valence-electron chi connectivity index (χ4n) is 2.60. The van der Waals surface area contributed by atoms with Gasteiger partial charge in [0.15, 0.2) is 0 Å². The van der Waals surface area contributed by atoms with Gasteiger partial charge in [-0.05, 0) is 12.8 Å². The van der Waals surface area contributed by atoms with Crippen LogP contribution in [0.1, 0.15) is 25.7 Å². The monoisotopic (exact) mass is 295 g/mol. The molecule has 0 unspecified atom stereocenters. The van der Waals surface area contributed by atoms with Crippen LogP contribution in [0.5, 0.6) is 5.88 Å². The number of hydrogen-bond acceptors (Lipinski definition) is 6. The molecule has 21 heavy (non-hydrogen) atoms. The summed E-state index contributed by atoms with van der Waals surface area (Å²) in [6.07, 6.45) is 2.82. The summed E-state index contributed by atoms with van der Waals surface area (Å²) in [6.45, 7) is 0.114. The molecule has 114 valence electrons. The normalized spacial score (nSPS) is 16.4. The zero-order chi connectivity index (χ0) is 15.5. The quantitative estimate of drug-likeness (QED) is 0.609. The number of carbonyl (C=O) groups is 1. The number of methoxy groups -OCH3 is 1. The van der Waals surface area contributed by atoms with Gasteiger partial charge in [0.2, 0.25) is 11.7 Å². The topological polar surface area (TPSA) is 115 Å². The van der Waals surface area contributed by atoms with E-state index >= 15 is 0 Å². The van der Waals surface area contributed by atoms with Crippen LogP contribution in [0, 0.1) is 15.5 Å². The van der Waals surface area contributed by atoms with Gasteiger partial charge < -0.3 is 15.2 Å². The van der Waals surface area contributed by atoms with Crippen molar-refractivity contribution in [3.8, 4) is 5.88 Å². The number of hydrogen-bond donors (Lipinski definition) is 2. The number of carboxylic acids is 1. The molecule has 1 aliphatic carbocycles. The average molecular weight is 295 g/mol. The Hall–Kier alpha value is -2.38. The van der Waals surface area contributed by atoms with Crippen molar-refractivity contribution in [2.75, 3.05) is 19.0 Å². The lowest BCUT2D eigenvalue weighted by atomic mass is 9.86. The maximum Gasteiger partial charge on any atom is 0.311 e. The van der Waals surface area contributed by atoms with Gasteiger partial charge in [-0.1, -0.05) is 12.8 Å². The van der Waals surface area contributed by atoms with Crippen LogP contribution < -0.4 is 10.1 Å². The van der Waals surface area contributed by atoms with Gasteiger partial charge in [-0.15, -0.1) is 0 Å². The fraction of sp³-hybridized carbons (Fsp3) is 0.538. The van der Waals surface area contributed by atoms with Gasteiger partial charge in [-0.25, -0.2) is 0 Å². The van der Waals surface area contributed by atoms with Crippen LogP contribution in [0.2, 0.25) is 0 Å². The van der Waals surface area contributed by atoms with Crippen LogP contribution in [0.25, 0.3) is 0 Å². The summed E-state index contributed by atoms with van der Waals surface area (Å²) in [6, 6.07) is 2.68. The molecule has 1 aromatic heterocycles. The fourth-order valence-corrected chi connectivity index (χ4v) is 2.60. The van der Waals surface area contributed by atoms with E-state index in [1.807, 2.05) is 0 Å². The van der Waals surface area contributed by atoms with Crippen molar-refractivity contribution in [2.24, 2.45) is 5.41 Å². The molecular formula is C13H17N3O5. The number of nitrogens with zero attached hydrogens (tertiary/aromatic N) is 2. The van der Waals surface area contributed by atoms with Crippen molar-refractivity contribution in [1.82, 2.24) is 4.98 Å². The van der Waals surface area contributed by atoms with E-state index in [2.05, 4.69) is 10.3 Å². The standard InChI is InChI=1S/C13H17N3O5/c1-21-10-5-4-9(16(19)20)11(15-10)14-8-13(12(17)18)6-2-3-7-13/h4-5H,2-3,6-8H2,1H3,(H,14,15)(H,17,18). The molecule has 1 heterocycles. The Kier molecular flexibility index (Phi) is 4.25. The molecule has 8 nitrogen and oxygen atoms in total. The Labute approximate surface area is 121 Å². The van der Waals surface area contributed by atoms with E-state index in [1.54, 1.807) is 0 Å². The molecule has 0 aromatic carbocycles. The number of anilines is 1. The van der Waals surface area contributed by atoms with Crippen LogP contribution in [-0.2, 0) is 4.79 Å². The number of nitro groups is 1. The van der Waals surface area contributed by atoms with E-state index < -0.39 is 16.3 Å². The van der Waals surface area contributed by atoms with Gasteiger partial charge in [0.25, 0.3) is 0 Å². The molecule has 1 fully saturated rings. The molecular weight excluding hydrogens is 278 g/mol. The largest absolute Gasteiger partial charge is 0.481 e. The Morgan fingerprint density at radius 2 is 2.19 bits per heavy atom. The highest BCUT2D eigenvalue weighted by atomic mass is 16.6. The van der Waals surface area contributed by atoms with Gasteiger partial charge in [0.05, 0.1) is 17.4 Å². The molecule has 1 aliphatic rings. The highest BCUT2D eigenvalue weighted by Crippen LogP contribution is 2.39. The molecule has 2 rings (SSSR count). The second-order valence-electron chi connectivity index (χ2n) is 5.12. The lowest BCUT2D eigenvalue weighted by molar-refractivity contribution is -0.384. The number of nitrogens with one attached hydrogen (secondary N) is 1. The third-order valence-corrected chi connectivity index (χ3v) is 3.86. The summed E-state index contributed by atoms with van der Waals surface area (Å²) < 4.78 is 4.94. The zero-order valence-electron chi connectivity index (χ0n) is 11.7. The minimum atomic E-state index is -0.877. The summed E-state index contributed by atoms with van der Waals surface area (Å²) >= 11 is 0. The van der Waals surface area contributed by atoms with Crippen LogP contribution in [0.15, 0.2) is 12.1 Å². The molecule has 0 aliphatic heterocycles. The van der Waals surface area contributed by atoms with Gasteiger partial charge in [-0.2, -0.15) is 4.98 Å². The molecule has 0 radical (unpaired) electrons. The minimum Gasteiger partial charge on any atom is -0.481 e. The lowest BCUT2D eigenvalue weighted by Gasteiger charge is -2.24. The van der Waals surface area contributed by atoms with Crippen LogP contribution in [0.4, 0.5) is 11.5 Å². The van der Waals surface area contributed by atoms with Crippen molar-refractivity contribution in [1.29, 1.82) is 0 Å². The van der Waals surface area contributed by atoms with Crippen molar-refractivity contribution >= 4 is 17.5 Å². The summed E-state index contributed by atoms with van der Waals surface area (Å²) in [5.41, 5.74) is -1.08. The second-order valence-corrected chi connectivity index (χ2v) is 5.12. The van der Waals surface area contributed by atoms with E-state index in [0.29, 0.717) is 12.8 Å². The maximum atomic E-state index is 11.5. The summed E-state index contributed by atoms with van der Waals surface area (Å²) in [4.78, 5) is 25.9.